The number of imide groups is 1. The second-order valence-electron chi connectivity index (χ2n) is 5.89. The average Bonchev–Trinajstić information content (AvgIpc) is 2.61. The molecule has 2 aromatic rings. The number of anilines is 1. The highest BCUT2D eigenvalue weighted by molar-refractivity contribution is 7.89. The Morgan fingerprint density at radius 1 is 0.962 bits per heavy atom. The van der Waals surface area contributed by atoms with Crippen LogP contribution in [0.15, 0.2) is 53.4 Å². The maximum Gasteiger partial charge on any atom is 0.240 e. The molecule has 1 N–H and O–H groups in total. The van der Waals surface area contributed by atoms with Crippen molar-refractivity contribution in [3.8, 4) is 0 Å². The van der Waals surface area contributed by atoms with Gasteiger partial charge >= 0.3 is 0 Å². The van der Waals surface area contributed by atoms with Crippen molar-refractivity contribution < 1.29 is 22.4 Å². The predicted molar refractivity (Wildman–Crippen MR) is 93.2 cm³/mol. The third-order valence-corrected chi connectivity index (χ3v) is 5.51. The van der Waals surface area contributed by atoms with Gasteiger partial charge in [0, 0.05) is 24.9 Å². The minimum absolute atomic E-state index is 0.0329. The Kier molecular flexibility index (Phi) is 5.15. The van der Waals surface area contributed by atoms with Gasteiger partial charge < -0.3 is 0 Å². The predicted octanol–water partition coefficient (Wildman–Crippen LogP) is 2.35. The van der Waals surface area contributed by atoms with Gasteiger partial charge in [0.05, 0.1) is 10.6 Å². The zero-order chi connectivity index (χ0) is 18.7. The van der Waals surface area contributed by atoms with Gasteiger partial charge in [-0.15, -0.1) is 0 Å². The molecule has 0 atom stereocenters. The van der Waals surface area contributed by atoms with Crippen LogP contribution >= 0.6 is 0 Å². The molecule has 1 aliphatic heterocycles. The van der Waals surface area contributed by atoms with Gasteiger partial charge in [-0.25, -0.2) is 17.5 Å². The molecule has 0 aliphatic carbocycles. The Balaban J connectivity index is 1.76. The molecule has 0 aromatic heterocycles. The molecule has 26 heavy (non-hydrogen) atoms. The monoisotopic (exact) mass is 376 g/mol. The molecule has 136 valence electrons. The highest BCUT2D eigenvalue weighted by Crippen LogP contribution is 2.23. The molecule has 2 amide bonds. The number of carbonyl (C=O) groups excluding carboxylic acids is 2. The number of nitrogens with zero attached hydrogens (tertiary/aromatic N) is 1. The summed E-state index contributed by atoms with van der Waals surface area (Å²) in [5.74, 6) is -1.09. The van der Waals surface area contributed by atoms with E-state index in [9.17, 15) is 22.4 Å². The molecule has 1 fully saturated rings. The van der Waals surface area contributed by atoms with E-state index in [1.807, 2.05) is 0 Å². The van der Waals surface area contributed by atoms with Crippen LogP contribution in [0.1, 0.15) is 24.8 Å². The van der Waals surface area contributed by atoms with Crippen LogP contribution in [0.3, 0.4) is 0 Å². The molecule has 0 bridgehead atoms. The van der Waals surface area contributed by atoms with Crippen LogP contribution in [0.2, 0.25) is 0 Å². The van der Waals surface area contributed by atoms with E-state index in [-0.39, 0.29) is 41.7 Å². The number of piperidine rings is 1. The van der Waals surface area contributed by atoms with Crippen molar-refractivity contribution in [3.63, 3.8) is 0 Å². The third-order valence-electron chi connectivity index (χ3n) is 4.10. The molecule has 8 heteroatoms. The number of benzene rings is 2. The van der Waals surface area contributed by atoms with Gasteiger partial charge in [0.2, 0.25) is 21.8 Å². The fraction of sp³-hybridized carbons (Fsp3) is 0.222. The summed E-state index contributed by atoms with van der Waals surface area (Å²) in [6.45, 7) is -0.181. The molecule has 6 nitrogen and oxygen atoms in total. The van der Waals surface area contributed by atoms with Crippen LogP contribution < -0.4 is 9.62 Å². The van der Waals surface area contributed by atoms with Crippen molar-refractivity contribution in [2.24, 2.45) is 0 Å². The van der Waals surface area contributed by atoms with Crippen LogP contribution in [0, 0.1) is 5.82 Å². The maximum absolute atomic E-state index is 13.6. The van der Waals surface area contributed by atoms with Crippen LogP contribution in [0.5, 0.6) is 0 Å². The summed E-state index contributed by atoms with van der Waals surface area (Å²) in [4.78, 5) is 24.9. The van der Waals surface area contributed by atoms with Gasteiger partial charge in [0.1, 0.15) is 5.82 Å². The van der Waals surface area contributed by atoms with E-state index in [0.717, 1.165) is 4.90 Å². The smallest absolute Gasteiger partial charge is 0.240 e. The molecular formula is C18H17FN2O4S. The van der Waals surface area contributed by atoms with Crippen molar-refractivity contribution in [1.29, 1.82) is 0 Å². The SMILES string of the molecule is O=C1CCCC(=O)N1c1ccc(S(=O)(=O)NCc2ccccc2F)cc1. The summed E-state index contributed by atoms with van der Waals surface area (Å²) in [7, 11) is -3.85. The first kappa shape index (κ1) is 18.2. The van der Waals surface area contributed by atoms with E-state index in [0.29, 0.717) is 12.1 Å². The van der Waals surface area contributed by atoms with Gasteiger partial charge in [-0.3, -0.25) is 14.5 Å². The largest absolute Gasteiger partial charge is 0.274 e. The third kappa shape index (κ3) is 3.81. The topological polar surface area (TPSA) is 83.6 Å². The number of hydrogen-bond acceptors (Lipinski definition) is 4. The standard InChI is InChI=1S/C18H17FN2O4S/c19-16-5-2-1-4-13(16)12-20-26(24,25)15-10-8-14(9-11-15)21-17(22)6-3-7-18(21)23/h1-2,4-5,8-11,20H,3,6-7,12H2. The Hall–Kier alpha value is -2.58. The molecule has 1 aliphatic rings. The summed E-state index contributed by atoms with van der Waals surface area (Å²) < 4.78 is 40.6. The fourth-order valence-corrected chi connectivity index (χ4v) is 3.72. The Labute approximate surface area is 150 Å². The Morgan fingerprint density at radius 3 is 2.19 bits per heavy atom. The number of amides is 2. The van der Waals surface area contributed by atoms with Gasteiger partial charge in [-0.1, -0.05) is 18.2 Å². The highest BCUT2D eigenvalue weighted by atomic mass is 32.2. The molecule has 0 saturated carbocycles. The van der Waals surface area contributed by atoms with Gasteiger partial charge in [0.25, 0.3) is 0 Å². The van der Waals surface area contributed by atoms with E-state index < -0.39 is 15.8 Å². The van der Waals surface area contributed by atoms with Crippen molar-refractivity contribution in [2.75, 3.05) is 4.90 Å². The second kappa shape index (κ2) is 7.35. The van der Waals surface area contributed by atoms with Crippen LogP contribution in [-0.2, 0) is 26.2 Å². The summed E-state index contributed by atoms with van der Waals surface area (Å²) in [5, 5.41) is 0. The van der Waals surface area contributed by atoms with E-state index in [2.05, 4.69) is 4.72 Å². The Bertz CT molecular complexity index is 926. The van der Waals surface area contributed by atoms with E-state index in [1.165, 1.54) is 42.5 Å². The number of carbonyl (C=O) groups is 2. The van der Waals surface area contributed by atoms with Gasteiger partial charge in [-0.05, 0) is 36.8 Å². The number of sulfonamides is 1. The summed E-state index contributed by atoms with van der Waals surface area (Å²) in [5.41, 5.74) is 0.574. The van der Waals surface area contributed by atoms with E-state index in [4.69, 9.17) is 0 Å². The fourth-order valence-electron chi connectivity index (χ4n) is 2.71. The Morgan fingerprint density at radius 2 is 1.58 bits per heavy atom. The first-order chi connectivity index (χ1) is 12.4. The van der Waals surface area contributed by atoms with Crippen molar-refractivity contribution in [3.05, 3.63) is 59.9 Å². The van der Waals surface area contributed by atoms with E-state index in [1.54, 1.807) is 6.07 Å². The van der Waals surface area contributed by atoms with Crippen LogP contribution in [0.4, 0.5) is 10.1 Å². The zero-order valence-corrected chi connectivity index (χ0v) is 14.6. The van der Waals surface area contributed by atoms with Crippen molar-refractivity contribution in [1.82, 2.24) is 4.72 Å². The van der Waals surface area contributed by atoms with Crippen molar-refractivity contribution in [2.45, 2.75) is 30.7 Å². The number of nitrogens with one attached hydrogen (secondary N) is 1. The lowest BCUT2D eigenvalue weighted by Gasteiger charge is -2.24. The maximum atomic E-state index is 13.6. The highest BCUT2D eigenvalue weighted by Gasteiger charge is 2.27. The number of rotatable bonds is 5. The first-order valence-corrected chi connectivity index (χ1v) is 9.56. The molecule has 2 aromatic carbocycles. The van der Waals surface area contributed by atoms with Gasteiger partial charge in [0.15, 0.2) is 0 Å². The number of hydrogen-bond donors (Lipinski definition) is 1. The molecule has 1 heterocycles. The van der Waals surface area contributed by atoms with Crippen LogP contribution in [-0.4, -0.2) is 20.2 Å². The van der Waals surface area contributed by atoms with Crippen molar-refractivity contribution >= 4 is 27.5 Å². The summed E-state index contributed by atoms with van der Waals surface area (Å²) >= 11 is 0. The molecule has 1 saturated heterocycles. The molecule has 0 unspecified atom stereocenters. The molecule has 3 rings (SSSR count). The van der Waals surface area contributed by atoms with E-state index >= 15 is 0 Å². The minimum atomic E-state index is -3.85. The zero-order valence-electron chi connectivity index (χ0n) is 13.8. The second-order valence-corrected chi connectivity index (χ2v) is 7.65. The lowest BCUT2D eigenvalue weighted by atomic mass is 10.1. The lowest BCUT2D eigenvalue weighted by Crippen LogP contribution is -2.40. The first-order valence-electron chi connectivity index (χ1n) is 8.07. The molecule has 0 spiro atoms. The van der Waals surface area contributed by atoms with Crippen LogP contribution in [0.25, 0.3) is 0 Å². The normalized spacial score (nSPS) is 15.3. The summed E-state index contributed by atoms with van der Waals surface area (Å²) in [6, 6.07) is 11.4. The summed E-state index contributed by atoms with van der Waals surface area (Å²) in [6.07, 6.45) is 1.10. The molecular weight excluding hydrogens is 359 g/mol. The van der Waals surface area contributed by atoms with Gasteiger partial charge in [-0.2, -0.15) is 0 Å². The number of halogens is 1. The quantitative estimate of drug-likeness (QED) is 0.812. The minimum Gasteiger partial charge on any atom is -0.274 e. The average molecular weight is 376 g/mol. The lowest BCUT2D eigenvalue weighted by molar-refractivity contribution is -0.129. The molecule has 0 radical (unpaired) electrons.